The molecule has 1 aliphatic rings. The van der Waals surface area contributed by atoms with Crippen LogP contribution in [0.3, 0.4) is 0 Å². The molecule has 106 valence electrons. The average molecular weight is 271 g/mol. The molecule has 1 fully saturated rings. The molecule has 0 spiro atoms. The number of nitrogens with one attached hydrogen (secondary N) is 1. The number of anilines is 1. The molecule has 1 N–H and O–H groups in total. The summed E-state index contributed by atoms with van der Waals surface area (Å²) in [5.74, 6) is 1.09. The zero-order chi connectivity index (χ0) is 13.9. The van der Waals surface area contributed by atoms with Crippen molar-refractivity contribution in [2.24, 2.45) is 0 Å². The molecular formula is C16H21N3O. The lowest BCUT2D eigenvalue weighted by atomic mass is 10.1. The van der Waals surface area contributed by atoms with Gasteiger partial charge < -0.3 is 15.0 Å². The number of morpholine rings is 1. The molecule has 3 rings (SSSR count). The Labute approximate surface area is 119 Å². The SMILES string of the molecule is CNCC1CN(c2nc3ccccc3cc2C)CCO1. The number of hydrogen-bond acceptors (Lipinski definition) is 4. The fourth-order valence-electron chi connectivity index (χ4n) is 2.79. The Hall–Kier alpha value is -1.65. The first-order valence-corrected chi connectivity index (χ1v) is 7.15. The van der Waals surface area contributed by atoms with E-state index in [1.807, 2.05) is 13.1 Å². The smallest absolute Gasteiger partial charge is 0.132 e. The number of hydrogen-bond donors (Lipinski definition) is 1. The molecule has 0 amide bonds. The monoisotopic (exact) mass is 271 g/mol. The van der Waals surface area contributed by atoms with E-state index in [0.717, 1.165) is 37.6 Å². The molecule has 0 aliphatic carbocycles. The minimum atomic E-state index is 0.237. The van der Waals surface area contributed by atoms with Gasteiger partial charge in [0.25, 0.3) is 0 Å². The quantitative estimate of drug-likeness (QED) is 0.926. The minimum Gasteiger partial charge on any atom is -0.373 e. The van der Waals surface area contributed by atoms with Crippen molar-refractivity contribution >= 4 is 16.7 Å². The van der Waals surface area contributed by atoms with E-state index in [-0.39, 0.29) is 6.10 Å². The lowest BCUT2D eigenvalue weighted by molar-refractivity contribution is 0.0419. The summed E-state index contributed by atoms with van der Waals surface area (Å²) >= 11 is 0. The molecule has 1 unspecified atom stereocenters. The van der Waals surface area contributed by atoms with Crippen molar-refractivity contribution < 1.29 is 4.74 Å². The van der Waals surface area contributed by atoms with Gasteiger partial charge in [0.05, 0.1) is 18.2 Å². The van der Waals surface area contributed by atoms with Crippen molar-refractivity contribution in [2.75, 3.05) is 38.2 Å². The number of nitrogens with zero attached hydrogens (tertiary/aromatic N) is 2. The number of benzene rings is 1. The van der Waals surface area contributed by atoms with Crippen LogP contribution in [-0.4, -0.2) is 44.4 Å². The highest BCUT2D eigenvalue weighted by Gasteiger charge is 2.22. The fourth-order valence-corrected chi connectivity index (χ4v) is 2.79. The summed E-state index contributed by atoms with van der Waals surface area (Å²) in [6, 6.07) is 10.5. The van der Waals surface area contributed by atoms with E-state index >= 15 is 0 Å². The van der Waals surface area contributed by atoms with Gasteiger partial charge in [-0.1, -0.05) is 18.2 Å². The van der Waals surface area contributed by atoms with E-state index in [2.05, 4.69) is 41.4 Å². The molecule has 1 saturated heterocycles. The predicted octanol–water partition coefficient (Wildman–Crippen LogP) is 1.97. The van der Waals surface area contributed by atoms with E-state index in [4.69, 9.17) is 9.72 Å². The number of aryl methyl sites for hydroxylation is 1. The summed E-state index contributed by atoms with van der Waals surface area (Å²) in [7, 11) is 1.96. The first-order chi connectivity index (χ1) is 9.78. The van der Waals surface area contributed by atoms with E-state index in [1.54, 1.807) is 0 Å². The first kappa shape index (κ1) is 13.3. The number of rotatable bonds is 3. The summed E-state index contributed by atoms with van der Waals surface area (Å²) in [5.41, 5.74) is 2.29. The van der Waals surface area contributed by atoms with Gasteiger partial charge in [-0.3, -0.25) is 0 Å². The summed E-state index contributed by atoms with van der Waals surface area (Å²) in [6.45, 7) is 5.58. The maximum Gasteiger partial charge on any atom is 0.132 e. The van der Waals surface area contributed by atoms with Gasteiger partial charge in [-0.05, 0) is 31.7 Å². The largest absolute Gasteiger partial charge is 0.373 e. The van der Waals surface area contributed by atoms with E-state index in [0.29, 0.717) is 0 Å². The van der Waals surface area contributed by atoms with Gasteiger partial charge in [0.15, 0.2) is 0 Å². The predicted molar refractivity (Wildman–Crippen MR) is 82.4 cm³/mol. The Balaban J connectivity index is 1.90. The van der Waals surface area contributed by atoms with Gasteiger partial charge in [0, 0.05) is 25.0 Å². The molecule has 4 heteroatoms. The molecule has 1 aromatic carbocycles. The van der Waals surface area contributed by atoms with E-state index < -0.39 is 0 Å². The third-order valence-corrected chi connectivity index (χ3v) is 3.76. The van der Waals surface area contributed by atoms with Gasteiger partial charge in [-0.2, -0.15) is 0 Å². The highest BCUT2D eigenvalue weighted by atomic mass is 16.5. The van der Waals surface area contributed by atoms with Crippen LogP contribution in [0.1, 0.15) is 5.56 Å². The van der Waals surface area contributed by atoms with Crippen LogP contribution in [0, 0.1) is 6.92 Å². The molecule has 0 saturated carbocycles. The molecule has 20 heavy (non-hydrogen) atoms. The maximum atomic E-state index is 5.77. The van der Waals surface area contributed by atoms with Crippen molar-refractivity contribution in [1.82, 2.24) is 10.3 Å². The van der Waals surface area contributed by atoms with Crippen LogP contribution in [0.4, 0.5) is 5.82 Å². The molecular weight excluding hydrogens is 250 g/mol. The minimum absolute atomic E-state index is 0.237. The summed E-state index contributed by atoms with van der Waals surface area (Å²) in [6.07, 6.45) is 0.237. The van der Waals surface area contributed by atoms with Crippen LogP contribution in [-0.2, 0) is 4.74 Å². The van der Waals surface area contributed by atoms with Crippen LogP contribution in [0.5, 0.6) is 0 Å². The van der Waals surface area contributed by atoms with Crippen LogP contribution < -0.4 is 10.2 Å². The number of aromatic nitrogens is 1. The molecule has 0 radical (unpaired) electrons. The molecule has 4 nitrogen and oxygen atoms in total. The Morgan fingerprint density at radius 2 is 2.25 bits per heavy atom. The second-order valence-electron chi connectivity index (χ2n) is 5.32. The topological polar surface area (TPSA) is 37.4 Å². The van der Waals surface area contributed by atoms with Crippen LogP contribution in [0.25, 0.3) is 10.9 Å². The third-order valence-electron chi connectivity index (χ3n) is 3.76. The van der Waals surface area contributed by atoms with Crippen molar-refractivity contribution in [2.45, 2.75) is 13.0 Å². The summed E-state index contributed by atoms with van der Waals surface area (Å²) in [4.78, 5) is 7.18. The first-order valence-electron chi connectivity index (χ1n) is 7.15. The van der Waals surface area contributed by atoms with Crippen molar-refractivity contribution in [3.05, 3.63) is 35.9 Å². The van der Waals surface area contributed by atoms with Gasteiger partial charge >= 0.3 is 0 Å². The summed E-state index contributed by atoms with van der Waals surface area (Å²) < 4.78 is 5.77. The zero-order valence-corrected chi connectivity index (χ0v) is 12.1. The highest BCUT2D eigenvalue weighted by Crippen LogP contribution is 2.24. The Morgan fingerprint density at radius 3 is 3.10 bits per heavy atom. The molecule has 2 heterocycles. The van der Waals surface area contributed by atoms with Gasteiger partial charge in [0.2, 0.25) is 0 Å². The highest BCUT2D eigenvalue weighted by molar-refractivity contribution is 5.81. The van der Waals surface area contributed by atoms with E-state index in [1.165, 1.54) is 10.9 Å². The van der Waals surface area contributed by atoms with E-state index in [9.17, 15) is 0 Å². The number of para-hydroxylation sites is 1. The number of likely N-dealkylation sites (N-methyl/N-ethyl adjacent to an activating group) is 1. The van der Waals surface area contributed by atoms with Gasteiger partial charge in [0.1, 0.15) is 5.82 Å². The maximum absolute atomic E-state index is 5.77. The molecule has 2 aromatic rings. The average Bonchev–Trinajstić information content (AvgIpc) is 2.47. The Bertz CT molecular complexity index is 597. The second-order valence-corrected chi connectivity index (χ2v) is 5.32. The number of fused-ring (bicyclic) bond motifs is 1. The third kappa shape index (κ3) is 2.62. The van der Waals surface area contributed by atoms with Gasteiger partial charge in [-0.25, -0.2) is 4.98 Å². The normalized spacial score (nSPS) is 19.5. The molecule has 1 atom stereocenters. The lowest BCUT2D eigenvalue weighted by Gasteiger charge is -2.34. The zero-order valence-electron chi connectivity index (χ0n) is 12.1. The van der Waals surface area contributed by atoms with Crippen molar-refractivity contribution in [1.29, 1.82) is 0 Å². The lowest BCUT2D eigenvalue weighted by Crippen LogP contribution is -2.46. The molecule has 0 bridgehead atoms. The van der Waals surface area contributed by atoms with Crippen LogP contribution in [0.2, 0.25) is 0 Å². The van der Waals surface area contributed by atoms with Crippen molar-refractivity contribution in [3.8, 4) is 0 Å². The standard InChI is InChI=1S/C16H21N3O/c1-12-9-13-5-3-4-6-15(13)18-16(12)19-7-8-20-14(11-19)10-17-2/h3-6,9,14,17H,7-8,10-11H2,1-2H3. The van der Waals surface area contributed by atoms with Gasteiger partial charge in [-0.15, -0.1) is 0 Å². The number of ether oxygens (including phenoxy) is 1. The van der Waals surface area contributed by atoms with Crippen LogP contribution in [0.15, 0.2) is 30.3 Å². The Kier molecular flexibility index (Phi) is 3.85. The number of pyridine rings is 1. The Morgan fingerprint density at radius 1 is 1.40 bits per heavy atom. The van der Waals surface area contributed by atoms with Crippen LogP contribution >= 0.6 is 0 Å². The molecule has 1 aliphatic heterocycles. The fraction of sp³-hybridized carbons (Fsp3) is 0.438. The van der Waals surface area contributed by atoms with Crippen molar-refractivity contribution in [3.63, 3.8) is 0 Å². The molecule has 1 aromatic heterocycles. The summed E-state index contributed by atoms with van der Waals surface area (Å²) in [5, 5.41) is 4.38. The second kappa shape index (κ2) is 5.77.